The molecule has 4 heteroatoms. The number of nitrogens with one attached hydrogen (secondary N) is 1. The van der Waals surface area contributed by atoms with Crippen LogP contribution in [0.4, 0.5) is 5.69 Å². The van der Waals surface area contributed by atoms with Gasteiger partial charge in [-0.1, -0.05) is 12.1 Å². The largest absolute Gasteiger partial charge is 0.455 e. The summed E-state index contributed by atoms with van der Waals surface area (Å²) in [6, 6.07) is 7.86. The van der Waals surface area contributed by atoms with E-state index in [0.29, 0.717) is 6.61 Å². The van der Waals surface area contributed by atoms with Gasteiger partial charge in [-0.2, -0.15) is 0 Å². The molecule has 1 saturated heterocycles. The number of fused-ring (bicyclic) bond motifs is 2. The molecule has 2 atom stereocenters. The Bertz CT molecular complexity index is 421. The van der Waals surface area contributed by atoms with Gasteiger partial charge in [-0.3, -0.25) is 0 Å². The highest BCUT2D eigenvalue weighted by atomic mass is 16.7. The van der Waals surface area contributed by atoms with Crippen LogP contribution in [0.1, 0.15) is 20.3 Å². The van der Waals surface area contributed by atoms with Crippen LogP contribution in [0.5, 0.6) is 5.75 Å². The fraction of sp³-hybridized carbons (Fsp3) is 0.538. The Balaban J connectivity index is 1.94. The number of para-hydroxylation sites is 2. The molecule has 17 heavy (non-hydrogen) atoms. The van der Waals surface area contributed by atoms with Gasteiger partial charge in [-0.25, -0.2) is 0 Å². The van der Waals surface area contributed by atoms with E-state index in [1.807, 2.05) is 38.1 Å². The number of hydrogen-bond acceptors (Lipinski definition) is 4. The van der Waals surface area contributed by atoms with Crippen LogP contribution < -0.4 is 10.1 Å². The summed E-state index contributed by atoms with van der Waals surface area (Å²) in [5.74, 6) is 0.151. The second-order valence-corrected chi connectivity index (χ2v) is 4.72. The Morgan fingerprint density at radius 3 is 3.06 bits per heavy atom. The van der Waals surface area contributed by atoms with Gasteiger partial charge in [0.15, 0.2) is 6.23 Å². The molecule has 92 valence electrons. The van der Waals surface area contributed by atoms with Crippen molar-refractivity contribution < 1.29 is 14.2 Å². The molecule has 3 rings (SSSR count). The minimum absolute atomic E-state index is 0.103. The predicted octanol–water partition coefficient (Wildman–Crippen LogP) is 2.36. The maximum absolute atomic E-state index is 6.04. The zero-order valence-corrected chi connectivity index (χ0v) is 10.1. The summed E-state index contributed by atoms with van der Waals surface area (Å²) in [7, 11) is 0. The molecule has 1 aromatic carbocycles. The van der Waals surface area contributed by atoms with Crippen LogP contribution in [0.15, 0.2) is 24.3 Å². The lowest BCUT2D eigenvalue weighted by atomic mass is 10.1. The monoisotopic (exact) mass is 235 g/mol. The molecule has 2 aliphatic heterocycles. The van der Waals surface area contributed by atoms with Gasteiger partial charge in [-0.05, 0) is 26.0 Å². The minimum atomic E-state index is -0.678. The lowest BCUT2D eigenvalue weighted by Crippen LogP contribution is -2.54. The SMILES string of the molecule is CC(C)O[C@@]12CCO[C@@H]1Nc1ccccc1O2. The topological polar surface area (TPSA) is 39.7 Å². The molecule has 0 aromatic heterocycles. The molecule has 0 radical (unpaired) electrons. The van der Waals surface area contributed by atoms with Crippen LogP contribution in [0.3, 0.4) is 0 Å². The molecule has 1 N–H and O–H groups in total. The maximum Gasteiger partial charge on any atom is 0.258 e. The number of benzene rings is 1. The first-order chi connectivity index (χ1) is 8.20. The molecule has 0 amide bonds. The van der Waals surface area contributed by atoms with E-state index < -0.39 is 5.79 Å². The van der Waals surface area contributed by atoms with Crippen LogP contribution in [0.25, 0.3) is 0 Å². The van der Waals surface area contributed by atoms with Crippen molar-refractivity contribution in [2.45, 2.75) is 38.4 Å². The summed E-state index contributed by atoms with van der Waals surface area (Å²) in [6.07, 6.45) is 0.628. The van der Waals surface area contributed by atoms with Gasteiger partial charge in [0.1, 0.15) is 5.75 Å². The number of hydrogen-bond donors (Lipinski definition) is 1. The van der Waals surface area contributed by atoms with Crippen LogP contribution in [-0.4, -0.2) is 24.7 Å². The van der Waals surface area contributed by atoms with Crippen molar-refractivity contribution in [1.82, 2.24) is 0 Å². The van der Waals surface area contributed by atoms with Gasteiger partial charge >= 0.3 is 0 Å². The first kappa shape index (κ1) is 10.9. The van der Waals surface area contributed by atoms with E-state index in [1.54, 1.807) is 0 Å². The third kappa shape index (κ3) is 1.77. The quantitative estimate of drug-likeness (QED) is 0.854. The Hall–Kier alpha value is -1.26. The summed E-state index contributed by atoms with van der Waals surface area (Å²) in [6.45, 7) is 4.67. The summed E-state index contributed by atoms with van der Waals surface area (Å²) in [4.78, 5) is 0. The highest BCUT2D eigenvalue weighted by Crippen LogP contribution is 2.42. The maximum atomic E-state index is 6.04. The van der Waals surface area contributed by atoms with Gasteiger partial charge in [-0.15, -0.1) is 0 Å². The van der Waals surface area contributed by atoms with E-state index in [9.17, 15) is 0 Å². The summed E-state index contributed by atoms with van der Waals surface area (Å²) < 4.78 is 17.7. The van der Waals surface area contributed by atoms with Crippen LogP contribution in [0.2, 0.25) is 0 Å². The van der Waals surface area contributed by atoms with Crippen molar-refractivity contribution in [1.29, 1.82) is 0 Å². The highest BCUT2D eigenvalue weighted by Gasteiger charge is 2.51. The summed E-state index contributed by atoms with van der Waals surface area (Å²) in [5.41, 5.74) is 0.961. The van der Waals surface area contributed by atoms with E-state index in [1.165, 1.54) is 0 Å². The average molecular weight is 235 g/mol. The lowest BCUT2D eigenvalue weighted by molar-refractivity contribution is -0.226. The normalized spacial score (nSPS) is 30.4. The molecule has 2 heterocycles. The van der Waals surface area contributed by atoms with Crippen LogP contribution in [-0.2, 0) is 9.47 Å². The summed E-state index contributed by atoms with van der Waals surface area (Å²) >= 11 is 0. The molecular formula is C13H17NO3. The summed E-state index contributed by atoms with van der Waals surface area (Å²) in [5, 5.41) is 3.33. The molecule has 0 unspecified atom stereocenters. The highest BCUT2D eigenvalue weighted by molar-refractivity contribution is 5.58. The van der Waals surface area contributed by atoms with E-state index in [2.05, 4.69) is 5.32 Å². The predicted molar refractivity (Wildman–Crippen MR) is 64.0 cm³/mol. The van der Waals surface area contributed by atoms with Crippen molar-refractivity contribution in [3.63, 3.8) is 0 Å². The Morgan fingerprint density at radius 1 is 1.41 bits per heavy atom. The molecule has 0 aliphatic carbocycles. The zero-order chi connectivity index (χ0) is 11.9. The average Bonchev–Trinajstić information content (AvgIpc) is 2.66. The number of ether oxygens (including phenoxy) is 3. The fourth-order valence-electron chi connectivity index (χ4n) is 2.38. The minimum Gasteiger partial charge on any atom is -0.455 e. The number of rotatable bonds is 2. The van der Waals surface area contributed by atoms with Crippen molar-refractivity contribution in [3.8, 4) is 5.75 Å². The Kier molecular flexibility index (Phi) is 2.49. The van der Waals surface area contributed by atoms with E-state index in [-0.39, 0.29) is 12.3 Å². The fourth-order valence-corrected chi connectivity index (χ4v) is 2.38. The van der Waals surface area contributed by atoms with E-state index in [4.69, 9.17) is 14.2 Å². The van der Waals surface area contributed by atoms with Crippen molar-refractivity contribution in [2.75, 3.05) is 11.9 Å². The Labute approximate surface area is 101 Å². The van der Waals surface area contributed by atoms with Crippen molar-refractivity contribution in [2.24, 2.45) is 0 Å². The van der Waals surface area contributed by atoms with Gasteiger partial charge in [0.2, 0.25) is 0 Å². The molecule has 4 nitrogen and oxygen atoms in total. The smallest absolute Gasteiger partial charge is 0.258 e. The lowest BCUT2D eigenvalue weighted by Gasteiger charge is -2.40. The Morgan fingerprint density at radius 2 is 2.24 bits per heavy atom. The third-order valence-corrected chi connectivity index (χ3v) is 3.03. The first-order valence-electron chi connectivity index (χ1n) is 6.04. The van der Waals surface area contributed by atoms with Gasteiger partial charge in [0.05, 0.1) is 18.4 Å². The van der Waals surface area contributed by atoms with Gasteiger partial charge < -0.3 is 19.5 Å². The van der Waals surface area contributed by atoms with E-state index >= 15 is 0 Å². The second-order valence-electron chi connectivity index (χ2n) is 4.72. The molecular weight excluding hydrogens is 218 g/mol. The third-order valence-electron chi connectivity index (χ3n) is 3.03. The van der Waals surface area contributed by atoms with Crippen molar-refractivity contribution >= 4 is 5.69 Å². The molecule has 0 bridgehead atoms. The second kappa shape index (κ2) is 3.89. The van der Waals surface area contributed by atoms with Crippen molar-refractivity contribution in [3.05, 3.63) is 24.3 Å². The molecule has 0 spiro atoms. The standard InChI is InChI=1S/C13H17NO3/c1-9(2)16-13-7-8-15-12(13)14-10-5-3-4-6-11(10)17-13/h3-6,9,12,14H,7-8H2,1-2H3/t12-,13+/m0/s1. The molecule has 2 aliphatic rings. The van der Waals surface area contributed by atoms with E-state index in [0.717, 1.165) is 17.9 Å². The van der Waals surface area contributed by atoms with Gasteiger partial charge in [0.25, 0.3) is 5.79 Å². The molecule has 1 aromatic rings. The van der Waals surface area contributed by atoms with Crippen LogP contribution >= 0.6 is 0 Å². The first-order valence-corrected chi connectivity index (χ1v) is 6.04. The zero-order valence-electron chi connectivity index (χ0n) is 10.1. The van der Waals surface area contributed by atoms with Crippen LogP contribution in [0, 0.1) is 0 Å². The van der Waals surface area contributed by atoms with Gasteiger partial charge in [0, 0.05) is 6.42 Å². The molecule has 1 fully saturated rings. The molecule has 0 saturated carbocycles. The number of anilines is 1.